The molecular weight excluding hydrogens is 367 g/mol. The first-order valence-corrected chi connectivity index (χ1v) is 9.65. The predicted molar refractivity (Wildman–Crippen MR) is 103 cm³/mol. The van der Waals surface area contributed by atoms with Crippen LogP contribution in [0.25, 0.3) is 16.7 Å². The van der Waals surface area contributed by atoms with Gasteiger partial charge in [0.25, 0.3) is 0 Å². The van der Waals surface area contributed by atoms with Crippen LogP contribution in [0.1, 0.15) is 56.6 Å². The predicted octanol–water partition coefficient (Wildman–Crippen LogP) is 6.05. The van der Waals surface area contributed by atoms with Crippen molar-refractivity contribution in [3.05, 3.63) is 47.5 Å². The van der Waals surface area contributed by atoms with Gasteiger partial charge in [0.15, 0.2) is 0 Å². The molecule has 3 aromatic rings. The van der Waals surface area contributed by atoms with Crippen LogP contribution in [0.3, 0.4) is 0 Å². The third-order valence-electron chi connectivity index (χ3n) is 4.82. The monoisotopic (exact) mass is 391 g/mol. The summed E-state index contributed by atoms with van der Waals surface area (Å²) in [6.45, 7) is 2.18. The number of rotatable bonds is 8. The minimum Gasteiger partial charge on any atom is -0.505 e. The second kappa shape index (κ2) is 8.63. The zero-order chi connectivity index (χ0) is 20.1. The van der Waals surface area contributed by atoms with Crippen LogP contribution in [0.5, 0.6) is 5.75 Å². The molecule has 0 saturated carbocycles. The van der Waals surface area contributed by atoms with Gasteiger partial charge in [-0.25, -0.2) is 0 Å². The highest BCUT2D eigenvalue weighted by Gasteiger charge is 2.31. The molecule has 3 rings (SSSR count). The fourth-order valence-corrected chi connectivity index (χ4v) is 3.24. The molecule has 7 heteroatoms. The summed E-state index contributed by atoms with van der Waals surface area (Å²) in [4.78, 5) is 1.20. The van der Waals surface area contributed by atoms with E-state index in [0.29, 0.717) is 11.2 Å². The van der Waals surface area contributed by atoms with E-state index in [9.17, 15) is 18.3 Å². The highest BCUT2D eigenvalue weighted by atomic mass is 19.4. The molecule has 4 nitrogen and oxygen atoms in total. The minimum atomic E-state index is -4.43. The molecule has 0 atom stereocenters. The molecule has 0 amide bonds. The molecular formula is C21H24F3N3O. The van der Waals surface area contributed by atoms with Gasteiger partial charge in [0.05, 0.1) is 5.56 Å². The number of phenols is 1. The molecule has 150 valence electrons. The van der Waals surface area contributed by atoms with Crippen LogP contribution in [0.4, 0.5) is 13.2 Å². The highest BCUT2D eigenvalue weighted by molar-refractivity contribution is 5.75. The number of nitrogens with zero attached hydrogens (tertiary/aromatic N) is 3. The normalized spacial score (nSPS) is 12.0. The Balaban J connectivity index is 1.78. The maximum Gasteiger partial charge on any atom is 0.416 e. The molecule has 1 N–H and O–H groups in total. The van der Waals surface area contributed by atoms with Crippen LogP contribution in [-0.4, -0.2) is 20.1 Å². The second-order valence-electron chi connectivity index (χ2n) is 6.99. The number of phenolic OH excluding ortho intramolecular Hbond substituents is 1. The van der Waals surface area contributed by atoms with Crippen molar-refractivity contribution in [2.24, 2.45) is 0 Å². The van der Waals surface area contributed by atoms with Gasteiger partial charge in [-0.15, -0.1) is 15.0 Å². The summed E-state index contributed by atoms with van der Waals surface area (Å²) < 4.78 is 38.7. The van der Waals surface area contributed by atoms with Crippen LogP contribution < -0.4 is 0 Å². The number of halogens is 3. The number of alkyl halides is 3. The van der Waals surface area contributed by atoms with Gasteiger partial charge in [0.2, 0.25) is 0 Å². The minimum absolute atomic E-state index is 0.0763. The third-order valence-corrected chi connectivity index (χ3v) is 4.82. The van der Waals surface area contributed by atoms with Crippen molar-refractivity contribution in [3.8, 4) is 11.4 Å². The van der Waals surface area contributed by atoms with Gasteiger partial charge in [-0.1, -0.05) is 51.2 Å². The standard InChI is InChI=1S/C21H24F3N3O/c1-2-3-4-5-6-7-9-15-10-8-11-19(20(15)28)27-25-17-13-12-16(21(22,23)24)14-18(17)26-27/h8,10-14,28H,2-7,9H2,1H3. The summed E-state index contributed by atoms with van der Waals surface area (Å²) in [6, 6.07) is 8.56. The van der Waals surface area contributed by atoms with Gasteiger partial charge in [-0.2, -0.15) is 13.2 Å². The molecule has 0 aliphatic carbocycles. The van der Waals surface area contributed by atoms with E-state index in [1.54, 1.807) is 12.1 Å². The number of benzene rings is 2. The van der Waals surface area contributed by atoms with E-state index >= 15 is 0 Å². The van der Waals surface area contributed by atoms with E-state index in [0.717, 1.165) is 37.0 Å². The lowest BCUT2D eigenvalue weighted by Gasteiger charge is -2.09. The Hall–Kier alpha value is -2.57. The fraction of sp³-hybridized carbons (Fsp3) is 0.429. The van der Waals surface area contributed by atoms with Crippen molar-refractivity contribution in [3.63, 3.8) is 0 Å². The number of unbranched alkanes of at least 4 members (excludes halogenated alkanes) is 5. The fourth-order valence-electron chi connectivity index (χ4n) is 3.24. The van der Waals surface area contributed by atoms with E-state index in [4.69, 9.17) is 0 Å². The number of para-hydroxylation sites is 1. The topological polar surface area (TPSA) is 50.9 Å². The molecule has 1 aromatic heterocycles. The Kier molecular flexibility index (Phi) is 6.21. The second-order valence-corrected chi connectivity index (χ2v) is 6.99. The molecule has 0 radical (unpaired) electrons. The lowest BCUT2D eigenvalue weighted by molar-refractivity contribution is -0.137. The largest absolute Gasteiger partial charge is 0.505 e. The number of aromatic hydroxyl groups is 1. The lowest BCUT2D eigenvalue weighted by Crippen LogP contribution is -2.04. The van der Waals surface area contributed by atoms with Crippen molar-refractivity contribution >= 4 is 11.0 Å². The molecule has 0 fully saturated rings. The first-order valence-electron chi connectivity index (χ1n) is 9.65. The molecule has 0 unspecified atom stereocenters. The van der Waals surface area contributed by atoms with Crippen molar-refractivity contribution in [2.45, 2.75) is 58.0 Å². The summed E-state index contributed by atoms with van der Waals surface area (Å²) in [5.74, 6) is 0.0763. The maximum atomic E-state index is 12.9. The van der Waals surface area contributed by atoms with Crippen molar-refractivity contribution in [2.75, 3.05) is 0 Å². The molecule has 0 aliphatic heterocycles. The molecule has 0 spiro atoms. The van der Waals surface area contributed by atoms with E-state index in [2.05, 4.69) is 17.1 Å². The Morgan fingerprint density at radius 2 is 1.64 bits per heavy atom. The number of aryl methyl sites for hydroxylation is 1. The van der Waals surface area contributed by atoms with Gasteiger partial charge in [0, 0.05) is 0 Å². The summed E-state index contributed by atoms with van der Waals surface area (Å²) in [5, 5.41) is 19.0. The van der Waals surface area contributed by atoms with E-state index < -0.39 is 11.7 Å². The summed E-state index contributed by atoms with van der Waals surface area (Å²) in [6.07, 6.45) is 3.25. The van der Waals surface area contributed by atoms with Gasteiger partial charge >= 0.3 is 6.18 Å². The third kappa shape index (κ3) is 4.64. The van der Waals surface area contributed by atoms with E-state index in [1.807, 2.05) is 6.07 Å². The van der Waals surface area contributed by atoms with Crippen molar-refractivity contribution in [1.82, 2.24) is 15.0 Å². The smallest absolute Gasteiger partial charge is 0.416 e. The first-order chi connectivity index (χ1) is 13.4. The van der Waals surface area contributed by atoms with Gasteiger partial charge in [0.1, 0.15) is 22.5 Å². The highest BCUT2D eigenvalue weighted by Crippen LogP contribution is 2.32. The number of fused-ring (bicyclic) bond motifs is 1. The number of aromatic nitrogens is 3. The average Bonchev–Trinajstić information content (AvgIpc) is 3.08. The Morgan fingerprint density at radius 1 is 0.929 bits per heavy atom. The molecule has 0 bridgehead atoms. The molecule has 28 heavy (non-hydrogen) atoms. The van der Waals surface area contributed by atoms with E-state index in [1.165, 1.54) is 36.5 Å². The van der Waals surface area contributed by atoms with Crippen molar-refractivity contribution in [1.29, 1.82) is 0 Å². The van der Waals surface area contributed by atoms with Crippen LogP contribution in [0.2, 0.25) is 0 Å². The van der Waals surface area contributed by atoms with Crippen LogP contribution in [0, 0.1) is 0 Å². The quantitative estimate of drug-likeness (QED) is 0.476. The summed E-state index contributed by atoms with van der Waals surface area (Å²) >= 11 is 0. The van der Waals surface area contributed by atoms with Gasteiger partial charge in [-0.3, -0.25) is 0 Å². The number of hydrogen-bond donors (Lipinski definition) is 1. The SMILES string of the molecule is CCCCCCCCc1cccc(-n2nc3ccc(C(F)(F)F)cc3n2)c1O. The molecule has 0 aliphatic rings. The summed E-state index contributed by atoms with van der Waals surface area (Å²) in [7, 11) is 0. The van der Waals surface area contributed by atoms with Gasteiger partial charge < -0.3 is 5.11 Å². The van der Waals surface area contributed by atoms with Crippen LogP contribution in [-0.2, 0) is 12.6 Å². The first kappa shape index (κ1) is 20.2. The van der Waals surface area contributed by atoms with Crippen LogP contribution >= 0.6 is 0 Å². The van der Waals surface area contributed by atoms with Gasteiger partial charge in [-0.05, 0) is 42.7 Å². The zero-order valence-corrected chi connectivity index (χ0v) is 15.8. The Labute approximate surface area is 162 Å². The van der Waals surface area contributed by atoms with E-state index in [-0.39, 0.29) is 11.3 Å². The molecule has 2 aromatic carbocycles. The number of hydrogen-bond acceptors (Lipinski definition) is 3. The van der Waals surface area contributed by atoms with Crippen LogP contribution in [0.15, 0.2) is 36.4 Å². The zero-order valence-electron chi connectivity index (χ0n) is 15.8. The van der Waals surface area contributed by atoms with Crippen molar-refractivity contribution < 1.29 is 18.3 Å². The molecule has 1 heterocycles. The Bertz CT molecular complexity index is 934. The average molecular weight is 391 g/mol. The maximum absolute atomic E-state index is 12.9. The molecule has 0 saturated heterocycles. The summed E-state index contributed by atoms with van der Waals surface area (Å²) in [5.41, 5.74) is 0.871. The lowest BCUT2D eigenvalue weighted by atomic mass is 10.0. The Morgan fingerprint density at radius 3 is 2.39 bits per heavy atom.